The summed E-state index contributed by atoms with van der Waals surface area (Å²) in [5.41, 5.74) is 1.74. The van der Waals surface area contributed by atoms with Crippen LogP contribution in [0.15, 0.2) is 42.5 Å². The average Bonchev–Trinajstić information content (AvgIpc) is 2.69. The van der Waals surface area contributed by atoms with E-state index in [1.54, 1.807) is 35.2 Å². The Kier molecular flexibility index (Phi) is 9.00. The number of rotatable bonds is 9. The van der Waals surface area contributed by atoms with Crippen LogP contribution in [0.5, 0.6) is 5.75 Å². The first kappa shape index (κ1) is 24.0. The molecule has 0 aliphatic carbocycles. The molecule has 162 valence electrons. The normalized spacial score (nSPS) is 11.8. The minimum absolute atomic E-state index is 0.0210. The van der Waals surface area contributed by atoms with E-state index in [0.29, 0.717) is 22.2 Å². The zero-order chi connectivity index (χ0) is 22.3. The van der Waals surface area contributed by atoms with Gasteiger partial charge in [-0.2, -0.15) is 0 Å². The Balaban J connectivity index is 2.21. The van der Waals surface area contributed by atoms with Crippen LogP contribution in [0.3, 0.4) is 0 Å². The SMILES string of the molecule is CC[C@H](C(=O)NC(C)C)N(Cc1ccc(Cl)cc1)C(=O)COc1ccc(Cl)c(C)c1. The summed E-state index contributed by atoms with van der Waals surface area (Å²) in [6.45, 7) is 7.64. The molecule has 0 spiro atoms. The molecule has 2 aromatic carbocycles. The molecular weight excluding hydrogens is 423 g/mol. The van der Waals surface area contributed by atoms with Crippen molar-refractivity contribution in [1.82, 2.24) is 10.2 Å². The molecule has 30 heavy (non-hydrogen) atoms. The Bertz CT molecular complexity index is 869. The van der Waals surface area contributed by atoms with Crippen LogP contribution in [-0.4, -0.2) is 35.4 Å². The Labute approximate surface area is 188 Å². The second kappa shape index (κ2) is 11.2. The molecule has 2 amide bonds. The standard InChI is InChI=1S/C23H28Cl2N2O3/c1-5-21(23(29)26-15(2)3)27(13-17-6-8-18(24)9-7-17)22(28)14-30-19-10-11-20(25)16(4)12-19/h6-12,15,21H,5,13-14H2,1-4H3,(H,26,29)/t21-/m1/s1. The van der Waals surface area contributed by atoms with Gasteiger partial charge in [-0.3, -0.25) is 9.59 Å². The third-order valence-corrected chi connectivity index (χ3v) is 5.25. The van der Waals surface area contributed by atoms with E-state index in [0.717, 1.165) is 11.1 Å². The Morgan fingerprint density at radius 1 is 1.10 bits per heavy atom. The summed E-state index contributed by atoms with van der Waals surface area (Å²) in [5.74, 6) is 0.0943. The van der Waals surface area contributed by atoms with Gasteiger partial charge in [0.05, 0.1) is 0 Å². The van der Waals surface area contributed by atoms with Crippen molar-refractivity contribution >= 4 is 35.0 Å². The fourth-order valence-corrected chi connectivity index (χ4v) is 3.27. The van der Waals surface area contributed by atoms with E-state index in [-0.39, 0.29) is 31.0 Å². The molecule has 0 bridgehead atoms. The first-order valence-electron chi connectivity index (χ1n) is 9.94. The van der Waals surface area contributed by atoms with E-state index >= 15 is 0 Å². The van der Waals surface area contributed by atoms with Crippen LogP contribution in [0.25, 0.3) is 0 Å². The van der Waals surface area contributed by atoms with Crippen LogP contribution < -0.4 is 10.1 Å². The van der Waals surface area contributed by atoms with E-state index in [2.05, 4.69) is 5.32 Å². The zero-order valence-corrected chi connectivity index (χ0v) is 19.3. The molecule has 2 rings (SSSR count). The lowest BCUT2D eigenvalue weighted by atomic mass is 10.1. The fraction of sp³-hybridized carbons (Fsp3) is 0.391. The van der Waals surface area contributed by atoms with Crippen LogP contribution in [0.1, 0.15) is 38.3 Å². The number of nitrogens with one attached hydrogen (secondary N) is 1. The van der Waals surface area contributed by atoms with E-state index in [4.69, 9.17) is 27.9 Å². The van der Waals surface area contributed by atoms with Crippen molar-refractivity contribution in [2.45, 2.75) is 52.7 Å². The molecule has 1 atom stereocenters. The molecule has 2 aromatic rings. The lowest BCUT2D eigenvalue weighted by Crippen LogP contribution is -2.51. The number of carbonyl (C=O) groups is 2. The van der Waals surface area contributed by atoms with E-state index in [1.807, 2.05) is 39.8 Å². The van der Waals surface area contributed by atoms with Gasteiger partial charge in [-0.15, -0.1) is 0 Å². The lowest BCUT2D eigenvalue weighted by Gasteiger charge is -2.31. The molecule has 1 N–H and O–H groups in total. The van der Waals surface area contributed by atoms with Crippen molar-refractivity contribution in [3.05, 3.63) is 63.6 Å². The second-order valence-corrected chi connectivity index (χ2v) is 8.28. The van der Waals surface area contributed by atoms with Crippen molar-refractivity contribution in [2.75, 3.05) is 6.61 Å². The van der Waals surface area contributed by atoms with Gasteiger partial charge in [0.1, 0.15) is 11.8 Å². The highest BCUT2D eigenvalue weighted by Crippen LogP contribution is 2.21. The van der Waals surface area contributed by atoms with Gasteiger partial charge in [-0.1, -0.05) is 42.3 Å². The monoisotopic (exact) mass is 450 g/mol. The average molecular weight is 451 g/mol. The lowest BCUT2D eigenvalue weighted by molar-refractivity contribution is -0.143. The molecule has 0 fully saturated rings. The number of aryl methyl sites for hydroxylation is 1. The van der Waals surface area contributed by atoms with E-state index < -0.39 is 6.04 Å². The van der Waals surface area contributed by atoms with E-state index in [1.165, 1.54) is 0 Å². The number of hydrogen-bond acceptors (Lipinski definition) is 3. The van der Waals surface area contributed by atoms with Crippen LogP contribution in [0, 0.1) is 6.92 Å². The second-order valence-electron chi connectivity index (χ2n) is 7.44. The van der Waals surface area contributed by atoms with Crippen LogP contribution >= 0.6 is 23.2 Å². The van der Waals surface area contributed by atoms with Crippen LogP contribution in [0.4, 0.5) is 0 Å². The molecule has 0 aromatic heterocycles. The molecule has 0 aliphatic heterocycles. The number of amides is 2. The van der Waals surface area contributed by atoms with Gasteiger partial charge < -0.3 is 15.0 Å². The first-order valence-corrected chi connectivity index (χ1v) is 10.7. The number of ether oxygens (including phenoxy) is 1. The summed E-state index contributed by atoms with van der Waals surface area (Å²) in [7, 11) is 0. The Morgan fingerprint density at radius 2 is 1.77 bits per heavy atom. The van der Waals surface area contributed by atoms with Gasteiger partial charge in [0.25, 0.3) is 5.91 Å². The molecule has 0 heterocycles. The smallest absolute Gasteiger partial charge is 0.261 e. The molecule has 0 aliphatic rings. The maximum Gasteiger partial charge on any atom is 0.261 e. The summed E-state index contributed by atoms with van der Waals surface area (Å²) in [6, 6.07) is 11.8. The minimum atomic E-state index is -0.605. The highest BCUT2D eigenvalue weighted by molar-refractivity contribution is 6.31. The number of hydrogen-bond donors (Lipinski definition) is 1. The van der Waals surface area contributed by atoms with Gasteiger partial charge in [-0.25, -0.2) is 0 Å². The topological polar surface area (TPSA) is 58.6 Å². The summed E-state index contributed by atoms with van der Waals surface area (Å²) in [5, 5.41) is 4.15. The minimum Gasteiger partial charge on any atom is -0.484 e. The number of carbonyl (C=O) groups excluding carboxylic acids is 2. The maximum atomic E-state index is 13.1. The predicted molar refractivity (Wildman–Crippen MR) is 121 cm³/mol. The number of nitrogens with zero attached hydrogens (tertiary/aromatic N) is 1. The van der Waals surface area contributed by atoms with Gasteiger partial charge in [0.2, 0.25) is 5.91 Å². The van der Waals surface area contributed by atoms with Crippen LogP contribution in [-0.2, 0) is 16.1 Å². The summed E-state index contributed by atoms with van der Waals surface area (Å²) in [6.07, 6.45) is 0.484. The highest BCUT2D eigenvalue weighted by Gasteiger charge is 2.29. The summed E-state index contributed by atoms with van der Waals surface area (Å²) < 4.78 is 5.69. The van der Waals surface area contributed by atoms with Gasteiger partial charge in [-0.05, 0) is 68.7 Å². The molecule has 5 nitrogen and oxygen atoms in total. The molecule has 0 saturated carbocycles. The molecule has 0 unspecified atom stereocenters. The molecule has 0 saturated heterocycles. The van der Waals surface area contributed by atoms with E-state index in [9.17, 15) is 9.59 Å². The fourth-order valence-electron chi connectivity index (χ4n) is 3.02. The summed E-state index contributed by atoms with van der Waals surface area (Å²) >= 11 is 12.0. The van der Waals surface area contributed by atoms with Crippen molar-refractivity contribution in [2.24, 2.45) is 0 Å². The first-order chi connectivity index (χ1) is 14.2. The van der Waals surface area contributed by atoms with Crippen molar-refractivity contribution in [1.29, 1.82) is 0 Å². The third-order valence-electron chi connectivity index (χ3n) is 4.57. The zero-order valence-electron chi connectivity index (χ0n) is 17.7. The van der Waals surface area contributed by atoms with Crippen molar-refractivity contribution in [3.8, 4) is 5.75 Å². The van der Waals surface area contributed by atoms with Crippen molar-refractivity contribution < 1.29 is 14.3 Å². The predicted octanol–water partition coefficient (Wildman–Crippen LogP) is 5.01. The van der Waals surface area contributed by atoms with Crippen molar-refractivity contribution in [3.63, 3.8) is 0 Å². The number of halogens is 2. The quantitative estimate of drug-likeness (QED) is 0.583. The highest BCUT2D eigenvalue weighted by atomic mass is 35.5. The number of benzene rings is 2. The van der Waals surface area contributed by atoms with Gasteiger partial charge in [0.15, 0.2) is 6.61 Å². The van der Waals surface area contributed by atoms with Gasteiger partial charge in [0, 0.05) is 22.6 Å². The van der Waals surface area contributed by atoms with Gasteiger partial charge >= 0.3 is 0 Å². The maximum absolute atomic E-state index is 13.1. The molecule has 7 heteroatoms. The molecular formula is C23H28Cl2N2O3. The summed E-state index contributed by atoms with van der Waals surface area (Å²) in [4.78, 5) is 27.4. The third kappa shape index (κ3) is 6.92. The van der Waals surface area contributed by atoms with Crippen LogP contribution in [0.2, 0.25) is 10.0 Å². The molecule has 0 radical (unpaired) electrons. The largest absolute Gasteiger partial charge is 0.484 e. The Morgan fingerprint density at radius 3 is 2.33 bits per heavy atom. The Hall–Kier alpha value is -2.24.